The van der Waals surface area contributed by atoms with Gasteiger partial charge in [-0.15, -0.1) is 0 Å². The molecule has 0 bridgehead atoms. The molecule has 0 spiro atoms. The minimum atomic E-state index is -0.712. The molecule has 0 aliphatic rings. The number of hydrogen-bond acceptors (Lipinski definition) is 0. The second-order valence-corrected chi connectivity index (χ2v) is 4.90. The molecule has 0 N–H and O–H groups in total. The Kier molecular flexibility index (Phi) is 3.42. The molecule has 0 saturated heterocycles. The summed E-state index contributed by atoms with van der Waals surface area (Å²) in [6, 6.07) is 5.95. The van der Waals surface area contributed by atoms with Gasteiger partial charge in [0.05, 0.1) is 0 Å². The summed E-state index contributed by atoms with van der Waals surface area (Å²) in [7, 11) is 0. The van der Waals surface area contributed by atoms with E-state index >= 15 is 0 Å². The molecule has 0 fully saturated rings. The van der Waals surface area contributed by atoms with Crippen LogP contribution in [0.3, 0.4) is 0 Å². The summed E-state index contributed by atoms with van der Waals surface area (Å²) >= 11 is 2.01. The van der Waals surface area contributed by atoms with Crippen molar-refractivity contribution in [3.05, 3.63) is 56.9 Å². The van der Waals surface area contributed by atoms with Crippen LogP contribution in [0.2, 0.25) is 0 Å². The number of halogens is 4. The van der Waals surface area contributed by atoms with Crippen molar-refractivity contribution in [2.45, 2.75) is 6.92 Å². The van der Waals surface area contributed by atoms with Gasteiger partial charge >= 0.3 is 0 Å². The van der Waals surface area contributed by atoms with Gasteiger partial charge in [-0.2, -0.15) is 0 Å². The van der Waals surface area contributed by atoms with Crippen LogP contribution in [-0.4, -0.2) is 0 Å². The van der Waals surface area contributed by atoms with Gasteiger partial charge in [-0.3, -0.25) is 0 Å². The predicted molar refractivity (Wildman–Crippen MR) is 69.2 cm³/mol. The Balaban J connectivity index is 2.64. The minimum Gasteiger partial charge on any atom is -0.207 e. The lowest BCUT2D eigenvalue weighted by molar-refractivity contribution is 0.583. The van der Waals surface area contributed by atoms with E-state index in [4.69, 9.17) is 0 Å². The summed E-state index contributed by atoms with van der Waals surface area (Å²) in [5.74, 6) is -1.91. The molecule has 2 aromatic rings. The zero-order chi connectivity index (χ0) is 12.6. The molecule has 2 aromatic carbocycles. The highest BCUT2D eigenvalue weighted by Crippen LogP contribution is 2.27. The van der Waals surface area contributed by atoms with Crippen molar-refractivity contribution in [1.29, 1.82) is 0 Å². The van der Waals surface area contributed by atoms with Crippen molar-refractivity contribution in [2.75, 3.05) is 0 Å². The first-order chi connectivity index (χ1) is 7.97. The minimum absolute atomic E-state index is 0.208. The molecule has 2 rings (SSSR count). The van der Waals surface area contributed by atoms with E-state index in [1.165, 1.54) is 6.07 Å². The number of benzene rings is 2. The lowest BCUT2D eigenvalue weighted by atomic mass is 10.0. The monoisotopic (exact) mass is 348 g/mol. The molecule has 0 heterocycles. The van der Waals surface area contributed by atoms with Crippen molar-refractivity contribution in [3.63, 3.8) is 0 Å². The van der Waals surface area contributed by atoms with E-state index in [9.17, 15) is 13.2 Å². The summed E-state index contributed by atoms with van der Waals surface area (Å²) < 4.78 is 40.6. The molecule has 88 valence electrons. The first kappa shape index (κ1) is 12.4. The molecule has 0 aliphatic carbocycles. The van der Waals surface area contributed by atoms with Crippen LogP contribution in [0.15, 0.2) is 30.3 Å². The van der Waals surface area contributed by atoms with Gasteiger partial charge in [0.1, 0.15) is 17.5 Å². The normalized spacial score (nSPS) is 10.6. The Labute approximate surface area is 111 Å². The Bertz CT molecular complexity index is 559. The highest BCUT2D eigenvalue weighted by Gasteiger charge is 2.10. The maximum atomic E-state index is 13.7. The summed E-state index contributed by atoms with van der Waals surface area (Å²) in [6.07, 6.45) is 0. The van der Waals surface area contributed by atoms with Crippen molar-refractivity contribution < 1.29 is 13.2 Å². The van der Waals surface area contributed by atoms with Crippen LogP contribution in [0, 0.1) is 27.9 Å². The molecule has 0 amide bonds. The average molecular weight is 348 g/mol. The molecule has 0 saturated carbocycles. The quantitative estimate of drug-likeness (QED) is 0.657. The highest BCUT2D eigenvalue weighted by molar-refractivity contribution is 14.1. The van der Waals surface area contributed by atoms with Crippen molar-refractivity contribution in [3.8, 4) is 11.1 Å². The van der Waals surface area contributed by atoms with Crippen molar-refractivity contribution in [2.24, 2.45) is 0 Å². The lowest BCUT2D eigenvalue weighted by Crippen LogP contribution is -1.91. The van der Waals surface area contributed by atoms with Crippen LogP contribution >= 0.6 is 22.6 Å². The second-order valence-electron chi connectivity index (χ2n) is 3.74. The summed E-state index contributed by atoms with van der Waals surface area (Å²) in [6.45, 7) is 1.82. The van der Waals surface area contributed by atoms with Gasteiger partial charge in [0.15, 0.2) is 0 Å². The fourth-order valence-electron chi connectivity index (χ4n) is 1.59. The Hall–Kier alpha value is -1.04. The third-order valence-corrected chi connectivity index (χ3v) is 3.58. The Morgan fingerprint density at radius 1 is 0.882 bits per heavy atom. The fraction of sp³-hybridized carbons (Fsp3) is 0.0769. The van der Waals surface area contributed by atoms with Crippen LogP contribution in [0.5, 0.6) is 0 Å². The SMILES string of the molecule is Cc1cc(-c2cc(F)cc(F)c2)c(F)cc1I. The second kappa shape index (κ2) is 4.68. The van der Waals surface area contributed by atoms with E-state index in [2.05, 4.69) is 0 Å². The van der Waals surface area contributed by atoms with Crippen molar-refractivity contribution >= 4 is 22.6 Å². The van der Waals surface area contributed by atoms with E-state index < -0.39 is 17.5 Å². The van der Waals surface area contributed by atoms with E-state index in [1.807, 2.05) is 29.5 Å². The highest BCUT2D eigenvalue weighted by atomic mass is 127. The lowest BCUT2D eigenvalue weighted by Gasteiger charge is -2.07. The number of hydrogen-bond donors (Lipinski definition) is 0. The molecule has 0 aromatic heterocycles. The smallest absolute Gasteiger partial charge is 0.132 e. The van der Waals surface area contributed by atoms with E-state index in [0.29, 0.717) is 0 Å². The molecule has 4 heteroatoms. The summed E-state index contributed by atoms with van der Waals surface area (Å²) in [5, 5.41) is 0. The van der Waals surface area contributed by atoms with Gasteiger partial charge in [0.2, 0.25) is 0 Å². The summed E-state index contributed by atoms with van der Waals surface area (Å²) in [5.41, 5.74) is 1.28. The van der Waals surface area contributed by atoms with Gasteiger partial charge in [-0.05, 0) is 64.9 Å². The molecular weight excluding hydrogens is 340 g/mol. The maximum absolute atomic E-state index is 13.7. The van der Waals surface area contributed by atoms with Crippen LogP contribution in [0.25, 0.3) is 11.1 Å². The molecule has 0 radical (unpaired) electrons. The largest absolute Gasteiger partial charge is 0.207 e. The van der Waals surface area contributed by atoms with Gasteiger partial charge in [-0.1, -0.05) is 0 Å². The van der Waals surface area contributed by atoms with E-state index in [-0.39, 0.29) is 11.1 Å². The van der Waals surface area contributed by atoms with Crippen LogP contribution < -0.4 is 0 Å². The zero-order valence-corrected chi connectivity index (χ0v) is 11.1. The standard InChI is InChI=1S/C13H8F3I/c1-7-2-11(12(16)6-13(7)17)8-3-9(14)5-10(15)4-8/h2-6H,1H3. The maximum Gasteiger partial charge on any atom is 0.132 e. The fourth-order valence-corrected chi connectivity index (χ4v) is 2.02. The van der Waals surface area contributed by atoms with Crippen molar-refractivity contribution in [1.82, 2.24) is 0 Å². The third-order valence-electron chi connectivity index (χ3n) is 2.42. The topological polar surface area (TPSA) is 0 Å². The number of rotatable bonds is 1. The summed E-state index contributed by atoms with van der Waals surface area (Å²) in [4.78, 5) is 0. The number of aryl methyl sites for hydroxylation is 1. The van der Waals surface area contributed by atoms with Gasteiger partial charge < -0.3 is 0 Å². The third kappa shape index (κ3) is 2.62. The molecular formula is C13H8F3I. The van der Waals surface area contributed by atoms with Gasteiger partial charge in [0.25, 0.3) is 0 Å². The molecule has 0 nitrogen and oxygen atoms in total. The Morgan fingerprint density at radius 2 is 1.47 bits per heavy atom. The van der Waals surface area contributed by atoms with Gasteiger partial charge in [-0.25, -0.2) is 13.2 Å². The first-order valence-corrected chi connectivity index (χ1v) is 5.97. The molecule has 0 atom stereocenters. The van der Waals surface area contributed by atoms with Crippen LogP contribution in [0.1, 0.15) is 5.56 Å². The Morgan fingerprint density at radius 3 is 2.06 bits per heavy atom. The molecule has 0 unspecified atom stereocenters. The van der Waals surface area contributed by atoms with Gasteiger partial charge in [0, 0.05) is 15.2 Å². The molecule has 0 aliphatic heterocycles. The molecule has 17 heavy (non-hydrogen) atoms. The predicted octanol–water partition coefficient (Wildman–Crippen LogP) is 4.68. The van der Waals surface area contributed by atoms with E-state index in [0.717, 1.165) is 27.3 Å². The average Bonchev–Trinajstić information content (AvgIpc) is 2.22. The van der Waals surface area contributed by atoms with Crippen LogP contribution in [0.4, 0.5) is 13.2 Å². The first-order valence-electron chi connectivity index (χ1n) is 4.89. The zero-order valence-electron chi connectivity index (χ0n) is 8.90. The van der Waals surface area contributed by atoms with Crippen LogP contribution in [-0.2, 0) is 0 Å². The van der Waals surface area contributed by atoms with E-state index in [1.54, 1.807) is 6.07 Å².